The van der Waals surface area contributed by atoms with E-state index in [9.17, 15) is 0 Å². The second kappa shape index (κ2) is 36.6. The molecule has 0 fully saturated rings. The quantitative estimate of drug-likeness (QED) is 0.427. The van der Waals surface area contributed by atoms with Crippen LogP contribution in [0.25, 0.3) is 0 Å². The maximum Gasteiger partial charge on any atom is 0 e. The molecule has 2 N–H and O–H groups in total. The fraction of sp³-hybridized carbons (Fsp3) is 1.00. The van der Waals surface area contributed by atoms with E-state index >= 15 is 0 Å². The Morgan fingerprint density at radius 3 is 1.00 bits per heavy atom. The fourth-order valence-corrected chi connectivity index (χ4v) is 0. The summed E-state index contributed by atoms with van der Waals surface area (Å²) in [5.74, 6) is 0. The van der Waals surface area contributed by atoms with Crippen molar-refractivity contribution in [3.8, 4) is 0 Å². The molecule has 0 spiro atoms. The molecular formula is CH6CoFeO. The first-order valence-electron chi connectivity index (χ1n) is 0. The van der Waals surface area contributed by atoms with E-state index in [0.717, 1.165) is 0 Å². The minimum atomic E-state index is 0. The van der Waals surface area contributed by atoms with Gasteiger partial charge in [-0.3, -0.25) is 0 Å². The van der Waals surface area contributed by atoms with Crippen molar-refractivity contribution >= 4 is 0 Å². The molecule has 33 valence electrons. The third kappa shape index (κ3) is 12.1. The van der Waals surface area contributed by atoms with E-state index in [1.165, 1.54) is 0 Å². The van der Waals surface area contributed by atoms with Crippen molar-refractivity contribution < 1.29 is 39.3 Å². The van der Waals surface area contributed by atoms with E-state index in [4.69, 9.17) is 0 Å². The van der Waals surface area contributed by atoms with Crippen LogP contribution < -0.4 is 0 Å². The zero-order valence-electron chi connectivity index (χ0n) is 1.19. The molecule has 0 aromatic carbocycles. The second-order valence-electron chi connectivity index (χ2n) is 0. The van der Waals surface area contributed by atoms with Gasteiger partial charge in [-0.15, -0.1) is 0 Å². The normalized spacial score (nSPS) is 0. The summed E-state index contributed by atoms with van der Waals surface area (Å²) in [5, 5.41) is 0. The number of hydrogen-bond acceptors (Lipinski definition) is 0. The van der Waals surface area contributed by atoms with Crippen LogP contribution in [0, 0.1) is 0 Å². The molecule has 0 amide bonds. The standard InChI is InChI=1S/CH4.Co.Fe.H2O/h1H4;;;1H2. The molecule has 0 saturated heterocycles. The van der Waals surface area contributed by atoms with Gasteiger partial charge in [0.25, 0.3) is 0 Å². The van der Waals surface area contributed by atoms with Gasteiger partial charge in [0.05, 0.1) is 0 Å². The van der Waals surface area contributed by atoms with E-state index in [1.54, 1.807) is 0 Å². The molecule has 0 aliphatic rings. The molecule has 0 aliphatic carbocycles. The predicted octanol–water partition coefficient (Wildman–Crippen LogP) is -0.194. The molecule has 0 saturated carbocycles. The summed E-state index contributed by atoms with van der Waals surface area (Å²) in [6.45, 7) is 0. The van der Waals surface area contributed by atoms with Gasteiger partial charge in [0, 0.05) is 33.8 Å². The van der Waals surface area contributed by atoms with E-state index in [1.807, 2.05) is 0 Å². The zero-order valence-corrected chi connectivity index (χ0v) is 3.33. The van der Waals surface area contributed by atoms with Crippen LogP contribution >= 0.6 is 0 Å². The van der Waals surface area contributed by atoms with Gasteiger partial charge in [-0.05, 0) is 0 Å². The third-order valence-electron chi connectivity index (χ3n) is 0. The van der Waals surface area contributed by atoms with Crippen LogP contribution in [0.1, 0.15) is 7.43 Å². The molecular weight excluding hydrogens is 143 g/mol. The Morgan fingerprint density at radius 2 is 1.00 bits per heavy atom. The molecule has 0 rings (SSSR count). The largest absolute Gasteiger partial charge is 0.412 e. The molecule has 1 radical (unpaired) electrons. The minimum Gasteiger partial charge on any atom is -0.412 e. The van der Waals surface area contributed by atoms with Crippen LogP contribution in [-0.4, -0.2) is 5.48 Å². The van der Waals surface area contributed by atoms with Crippen LogP contribution in [0.5, 0.6) is 0 Å². The summed E-state index contributed by atoms with van der Waals surface area (Å²) in [7, 11) is 0. The first-order chi connectivity index (χ1) is 0. The summed E-state index contributed by atoms with van der Waals surface area (Å²) >= 11 is 0. The van der Waals surface area contributed by atoms with E-state index in [-0.39, 0.29) is 46.8 Å². The van der Waals surface area contributed by atoms with Crippen molar-refractivity contribution in [1.29, 1.82) is 0 Å². The summed E-state index contributed by atoms with van der Waals surface area (Å²) < 4.78 is 0. The molecule has 0 bridgehead atoms. The van der Waals surface area contributed by atoms with Gasteiger partial charge in [0.15, 0.2) is 0 Å². The van der Waals surface area contributed by atoms with Crippen LogP contribution in [0.3, 0.4) is 0 Å². The van der Waals surface area contributed by atoms with Gasteiger partial charge in [-0.1, -0.05) is 7.43 Å². The van der Waals surface area contributed by atoms with E-state index in [2.05, 4.69) is 0 Å². The van der Waals surface area contributed by atoms with Gasteiger partial charge >= 0.3 is 0 Å². The number of hydrogen-bond donors (Lipinski definition) is 0. The molecule has 1 nitrogen and oxygen atoms in total. The first kappa shape index (κ1) is 81.5. The Kier molecular flexibility index (Phi) is 745. The molecule has 0 aromatic heterocycles. The molecule has 0 aliphatic heterocycles. The first-order valence-corrected chi connectivity index (χ1v) is 0. The van der Waals surface area contributed by atoms with Gasteiger partial charge in [0.1, 0.15) is 0 Å². The SMILES string of the molecule is C.O.[Co].[Fe]. The average molecular weight is 149 g/mol. The fourth-order valence-electron chi connectivity index (χ4n) is 0. The van der Waals surface area contributed by atoms with Crippen LogP contribution in [0.15, 0.2) is 0 Å². The van der Waals surface area contributed by atoms with Gasteiger partial charge in [-0.25, -0.2) is 0 Å². The van der Waals surface area contributed by atoms with Gasteiger partial charge in [0.2, 0.25) is 0 Å². The topological polar surface area (TPSA) is 31.5 Å². The van der Waals surface area contributed by atoms with Crippen LogP contribution in [-0.2, 0) is 33.8 Å². The Bertz CT molecular complexity index is 8.00. The summed E-state index contributed by atoms with van der Waals surface area (Å²) in [4.78, 5) is 0. The molecule has 0 heterocycles. The van der Waals surface area contributed by atoms with Crippen molar-refractivity contribution in [1.82, 2.24) is 0 Å². The molecule has 3 heteroatoms. The van der Waals surface area contributed by atoms with Gasteiger partial charge in [-0.2, -0.15) is 0 Å². The monoisotopic (exact) mass is 149 g/mol. The summed E-state index contributed by atoms with van der Waals surface area (Å²) in [5.41, 5.74) is 0. The van der Waals surface area contributed by atoms with Crippen molar-refractivity contribution in [2.75, 3.05) is 0 Å². The maximum absolute atomic E-state index is 0. The smallest absolute Gasteiger partial charge is 0 e. The molecule has 0 atom stereocenters. The van der Waals surface area contributed by atoms with E-state index in [0.29, 0.717) is 0 Å². The third-order valence-corrected chi connectivity index (χ3v) is 0. The summed E-state index contributed by atoms with van der Waals surface area (Å²) in [6, 6.07) is 0. The Morgan fingerprint density at radius 1 is 1.00 bits per heavy atom. The van der Waals surface area contributed by atoms with Gasteiger partial charge < -0.3 is 5.48 Å². The van der Waals surface area contributed by atoms with Crippen LogP contribution in [0.2, 0.25) is 0 Å². The van der Waals surface area contributed by atoms with Crippen molar-refractivity contribution in [3.05, 3.63) is 0 Å². The Labute approximate surface area is 47.1 Å². The molecule has 0 aromatic rings. The number of rotatable bonds is 0. The predicted molar refractivity (Wildman–Crippen MR) is 10.3 cm³/mol. The van der Waals surface area contributed by atoms with Crippen LogP contribution in [0.4, 0.5) is 0 Å². The van der Waals surface area contributed by atoms with Crippen molar-refractivity contribution in [2.24, 2.45) is 0 Å². The maximum atomic E-state index is 0. The van der Waals surface area contributed by atoms with Crippen molar-refractivity contribution in [2.45, 2.75) is 7.43 Å². The second-order valence-corrected chi connectivity index (χ2v) is 0. The average Bonchev–Trinajstić information content (AvgIpc) is 0. The molecule has 0 unspecified atom stereocenters. The zero-order chi connectivity index (χ0) is 0. The van der Waals surface area contributed by atoms with E-state index < -0.39 is 0 Å². The Hall–Kier alpha value is 0.986. The molecule has 4 heavy (non-hydrogen) atoms. The summed E-state index contributed by atoms with van der Waals surface area (Å²) in [6.07, 6.45) is 0. The minimum absolute atomic E-state index is 0. The van der Waals surface area contributed by atoms with Crippen molar-refractivity contribution in [3.63, 3.8) is 0 Å². The Balaban J connectivity index is 0.